The normalized spacial score (nSPS) is 17.5. The lowest BCUT2D eigenvalue weighted by Crippen LogP contribution is -2.50. The molecule has 1 aromatic heterocycles. The van der Waals surface area contributed by atoms with Gasteiger partial charge >= 0.3 is 12.1 Å². The highest BCUT2D eigenvalue weighted by molar-refractivity contribution is 6.06. The standard InChI is InChI=1S/C23H30N4O4/c1-23(2,3)31-22(29)27(15-5-6-15)16-9-11-26(12-10-16)19-8-7-17(21(28)30-4)20-18(19)13-24-14-25-20/h7-8,13-16H,5-6,9-12H2,1-4H3. The van der Waals surface area contributed by atoms with Crippen molar-refractivity contribution >= 4 is 28.7 Å². The number of aromatic nitrogens is 2. The highest BCUT2D eigenvalue weighted by Crippen LogP contribution is 2.35. The minimum absolute atomic E-state index is 0.176. The zero-order chi connectivity index (χ0) is 22.2. The first kappa shape index (κ1) is 21.3. The van der Waals surface area contributed by atoms with E-state index in [-0.39, 0.29) is 12.1 Å². The number of benzene rings is 1. The molecule has 1 aliphatic heterocycles. The Morgan fingerprint density at radius 2 is 1.77 bits per heavy atom. The number of hydrogen-bond acceptors (Lipinski definition) is 7. The van der Waals surface area contributed by atoms with Gasteiger partial charge in [-0.1, -0.05) is 0 Å². The van der Waals surface area contributed by atoms with Crippen molar-refractivity contribution in [2.24, 2.45) is 0 Å². The van der Waals surface area contributed by atoms with Crippen LogP contribution in [0.1, 0.15) is 56.8 Å². The van der Waals surface area contributed by atoms with Gasteiger partial charge in [0.25, 0.3) is 0 Å². The SMILES string of the molecule is COC(=O)c1ccc(N2CCC(N(C(=O)OC(C)(C)C)C3CC3)CC2)c2cncnc12. The molecule has 31 heavy (non-hydrogen) atoms. The zero-order valence-electron chi connectivity index (χ0n) is 18.6. The molecule has 0 unspecified atom stereocenters. The lowest BCUT2D eigenvalue weighted by molar-refractivity contribution is 0.0113. The van der Waals surface area contributed by atoms with E-state index in [4.69, 9.17) is 9.47 Å². The molecule has 2 aliphatic rings. The number of rotatable bonds is 4. The maximum Gasteiger partial charge on any atom is 0.410 e. The fraction of sp³-hybridized carbons (Fsp3) is 0.565. The number of carbonyl (C=O) groups excluding carboxylic acids is 2. The van der Waals surface area contributed by atoms with Crippen LogP contribution in [0.25, 0.3) is 10.9 Å². The molecule has 0 atom stereocenters. The number of carbonyl (C=O) groups is 2. The summed E-state index contributed by atoms with van der Waals surface area (Å²) in [5, 5.41) is 0.829. The number of methoxy groups -OCH3 is 1. The second kappa shape index (κ2) is 8.32. The summed E-state index contributed by atoms with van der Waals surface area (Å²) in [7, 11) is 1.37. The fourth-order valence-electron chi connectivity index (χ4n) is 4.26. The molecule has 1 amide bonds. The number of ether oxygens (including phenoxy) is 2. The molecule has 8 heteroatoms. The van der Waals surface area contributed by atoms with Crippen molar-refractivity contribution in [2.45, 2.75) is 64.1 Å². The van der Waals surface area contributed by atoms with Crippen LogP contribution < -0.4 is 4.90 Å². The van der Waals surface area contributed by atoms with Gasteiger partial charge in [0.2, 0.25) is 0 Å². The average Bonchev–Trinajstić information content (AvgIpc) is 3.57. The Morgan fingerprint density at radius 1 is 1.10 bits per heavy atom. The van der Waals surface area contributed by atoms with Crippen LogP contribution in [-0.2, 0) is 9.47 Å². The summed E-state index contributed by atoms with van der Waals surface area (Å²) in [5.74, 6) is -0.411. The molecule has 4 rings (SSSR count). The van der Waals surface area contributed by atoms with Gasteiger partial charge in [-0.25, -0.2) is 19.6 Å². The van der Waals surface area contributed by atoms with E-state index in [9.17, 15) is 9.59 Å². The smallest absolute Gasteiger partial charge is 0.410 e. The Balaban J connectivity index is 1.52. The molecule has 0 N–H and O–H groups in total. The molecular weight excluding hydrogens is 396 g/mol. The fourth-order valence-corrected chi connectivity index (χ4v) is 4.26. The van der Waals surface area contributed by atoms with Gasteiger partial charge in [-0.3, -0.25) is 0 Å². The van der Waals surface area contributed by atoms with Gasteiger partial charge in [-0.2, -0.15) is 0 Å². The number of anilines is 1. The van der Waals surface area contributed by atoms with E-state index >= 15 is 0 Å². The zero-order valence-corrected chi connectivity index (χ0v) is 18.6. The van der Waals surface area contributed by atoms with E-state index in [0.29, 0.717) is 17.1 Å². The number of fused-ring (bicyclic) bond motifs is 1. The second-order valence-electron chi connectivity index (χ2n) is 9.25. The highest BCUT2D eigenvalue weighted by Gasteiger charge is 2.40. The van der Waals surface area contributed by atoms with Crippen LogP contribution in [0.2, 0.25) is 0 Å². The third kappa shape index (κ3) is 4.57. The molecule has 0 spiro atoms. The third-order valence-corrected chi connectivity index (χ3v) is 5.80. The van der Waals surface area contributed by atoms with Gasteiger partial charge in [0.15, 0.2) is 0 Å². The summed E-state index contributed by atoms with van der Waals surface area (Å²) in [5.41, 5.74) is 1.53. The third-order valence-electron chi connectivity index (χ3n) is 5.80. The number of esters is 1. The van der Waals surface area contributed by atoms with Gasteiger partial charge in [0.1, 0.15) is 11.9 Å². The van der Waals surface area contributed by atoms with E-state index in [1.54, 1.807) is 12.3 Å². The Bertz CT molecular complexity index is 975. The molecule has 0 radical (unpaired) electrons. The molecule has 166 valence electrons. The van der Waals surface area contributed by atoms with E-state index < -0.39 is 11.6 Å². The summed E-state index contributed by atoms with van der Waals surface area (Å²) in [6.07, 6.45) is 6.82. The predicted molar refractivity (Wildman–Crippen MR) is 117 cm³/mol. The minimum Gasteiger partial charge on any atom is -0.465 e. The molecule has 2 aromatic rings. The molecule has 2 heterocycles. The lowest BCUT2D eigenvalue weighted by atomic mass is 10.0. The maximum atomic E-state index is 12.8. The molecule has 8 nitrogen and oxygen atoms in total. The predicted octanol–water partition coefficient (Wildman–Crippen LogP) is 3.78. The van der Waals surface area contributed by atoms with Crippen molar-refractivity contribution in [3.63, 3.8) is 0 Å². The quantitative estimate of drug-likeness (QED) is 0.688. The van der Waals surface area contributed by atoms with Crippen LogP contribution >= 0.6 is 0 Å². The molecule has 0 bridgehead atoms. The molecular formula is C23H30N4O4. The van der Waals surface area contributed by atoms with Gasteiger partial charge in [-0.05, 0) is 58.6 Å². The molecule has 1 saturated heterocycles. The van der Waals surface area contributed by atoms with Crippen molar-refractivity contribution in [1.29, 1.82) is 0 Å². The van der Waals surface area contributed by atoms with Gasteiger partial charge < -0.3 is 19.3 Å². The van der Waals surface area contributed by atoms with E-state index in [1.165, 1.54) is 13.4 Å². The van der Waals surface area contributed by atoms with Crippen molar-refractivity contribution in [1.82, 2.24) is 14.9 Å². The van der Waals surface area contributed by atoms with E-state index in [2.05, 4.69) is 14.9 Å². The van der Waals surface area contributed by atoms with Crippen molar-refractivity contribution in [2.75, 3.05) is 25.1 Å². The summed E-state index contributed by atoms with van der Waals surface area (Å²) < 4.78 is 10.6. The van der Waals surface area contributed by atoms with Crippen molar-refractivity contribution in [3.8, 4) is 0 Å². The Kier molecular flexibility index (Phi) is 5.73. The summed E-state index contributed by atoms with van der Waals surface area (Å²) >= 11 is 0. The molecule has 1 saturated carbocycles. The Morgan fingerprint density at radius 3 is 2.39 bits per heavy atom. The molecule has 2 fully saturated rings. The monoisotopic (exact) mass is 426 g/mol. The average molecular weight is 427 g/mol. The molecule has 1 aromatic carbocycles. The highest BCUT2D eigenvalue weighted by atomic mass is 16.6. The van der Waals surface area contributed by atoms with E-state index in [1.807, 2.05) is 31.7 Å². The summed E-state index contributed by atoms with van der Waals surface area (Å²) in [6.45, 7) is 7.33. The number of piperidine rings is 1. The first-order chi connectivity index (χ1) is 14.8. The topological polar surface area (TPSA) is 84.9 Å². The van der Waals surface area contributed by atoms with Gasteiger partial charge in [0.05, 0.1) is 18.2 Å². The summed E-state index contributed by atoms with van der Waals surface area (Å²) in [6, 6.07) is 4.18. The van der Waals surface area contributed by atoms with Crippen molar-refractivity contribution < 1.29 is 19.1 Å². The number of amides is 1. The van der Waals surface area contributed by atoms with Gasteiger partial charge in [0, 0.05) is 42.4 Å². The summed E-state index contributed by atoms with van der Waals surface area (Å²) in [4.78, 5) is 37.7. The van der Waals surface area contributed by atoms with Crippen LogP contribution in [0.3, 0.4) is 0 Å². The maximum absolute atomic E-state index is 12.8. The van der Waals surface area contributed by atoms with Crippen LogP contribution in [0.4, 0.5) is 10.5 Å². The first-order valence-corrected chi connectivity index (χ1v) is 10.9. The largest absolute Gasteiger partial charge is 0.465 e. The van der Waals surface area contributed by atoms with Crippen LogP contribution in [0.15, 0.2) is 24.7 Å². The number of nitrogens with zero attached hydrogens (tertiary/aromatic N) is 4. The van der Waals surface area contributed by atoms with Crippen LogP contribution in [0.5, 0.6) is 0 Å². The minimum atomic E-state index is -0.495. The lowest BCUT2D eigenvalue weighted by Gasteiger charge is -2.40. The van der Waals surface area contributed by atoms with E-state index in [0.717, 1.165) is 49.8 Å². The van der Waals surface area contributed by atoms with Crippen LogP contribution in [-0.4, -0.2) is 64.8 Å². The Hall–Kier alpha value is -2.90. The number of hydrogen-bond donors (Lipinski definition) is 0. The molecule has 1 aliphatic carbocycles. The Labute approximate surface area is 182 Å². The van der Waals surface area contributed by atoms with Crippen molar-refractivity contribution in [3.05, 3.63) is 30.2 Å². The second-order valence-corrected chi connectivity index (χ2v) is 9.25. The first-order valence-electron chi connectivity index (χ1n) is 10.9. The van der Waals surface area contributed by atoms with Gasteiger partial charge in [-0.15, -0.1) is 0 Å². The van der Waals surface area contributed by atoms with Crippen LogP contribution in [0, 0.1) is 0 Å².